The van der Waals surface area contributed by atoms with Crippen LogP contribution in [0.15, 0.2) is 53.6 Å². The van der Waals surface area contributed by atoms with E-state index in [-0.39, 0.29) is 5.91 Å². The van der Waals surface area contributed by atoms with Gasteiger partial charge in [0.1, 0.15) is 10.1 Å². The van der Waals surface area contributed by atoms with Gasteiger partial charge in [0.15, 0.2) is 0 Å². The fourth-order valence-electron chi connectivity index (χ4n) is 1.97. The molecule has 1 aliphatic rings. The van der Waals surface area contributed by atoms with Gasteiger partial charge in [0.2, 0.25) is 0 Å². The highest BCUT2D eigenvalue weighted by molar-refractivity contribution is 8.26. The quantitative estimate of drug-likeness (QED) is 0.658. The molecule has 0 bridgehead atoms. The zero-order valence-corrected chi connectivity index (χ0v) is 14.3. The Kier molecular flexibility index (Phi) is 4.95. The summed E-state index contributed by atoms with van der Waals surface area (Å²) in [5.41, 5.74) is 0.910. The third kappa shape index (κ3) is 3.90. The number of hydrogen-bond donors (Lipinski definition) is 1. The summed E-state index contributed by atoms with van der Waals surface area (Å²) in [6.07, 6.45) is 3.50. The lowest BCUT2D eigenvalue weighted by Crippen LogP contribution is -2.33. The van der Waals surface area contributed by atoms with E-state index in [0.29, 0.717) is 26.7 Å². The Morgan fingerprint density at radius 3 is 2.74 bits per heavy atom. The van der Waals surface area contributed by atoms with Crippen LogP contribution in [0.2, 0.25) is 5.02 Å². The average molecular weight is 362 g/mol. The number of thioether (sulfide) groups is 1. The van der Waals surface area contributed by atoms with Gasteiger partial charge in [0.05, 0.1) is 11.6 Å². The summed E-state index contributed by atoms with van der Waals surface area (Å²) in [6.45, 7) is 0.291. The topological polar surface area (TPSA) is 45.2 Å². The van der Waals surface area contributed by atoms with Crippen molar-refractivity contribution in [3.63, 3.8) is 0 Å². The van der Waals surface area contributed by atoms with Gasteiger partial charge in [-0.1, -0.05) is 53.8 Å². The molecule has 2 aromatic rings. The van der Waals surface area contributed by atoms with Crippen LogP contribution in [0, 0.1) is 0 Å². The summed E-state index contributed by atoms with van der Waals surface area (Å²) in [5.74, 6) is 0.585. The zero-order chi connectivity index (χ0) is 16.2. The van der Waals surface area contributed by atoms with Gasteiger partial charge in [0, 0.05) is 11.2 Å². The molecule has 7 heteroatoms. The van der Waals surface area contributed by atoms with Crippen LogP contribution in [0.5, 0.6) is 0 Å². The summed E-state index contributed by atoms with van der Waals surface area (Å²) in [4.78, 5) is 18.8. The number of carbonyl (C=O) groups is 1. The number of amides is 1. The van der Waals surface area contributed by atoms with Crippen LogP contribution in [0.4, 0.5) is 5.82 Å². The molecule has 0 saturated carbocycles. The molecule has 0 aliphatic carbocycles. The van der Waals surface area contributed by atoms with Gasteiger partial charge in [-0.15, -0.1) is 0 Å². The van der Waals surface area contributed by atoms with Crippen molar-refractivity contribution in [1.29, 1.82) is 0 Å². The largest absolute Gasteiger partial charge is 0.352 e. The van der Waals surface area contributed by atoms with Crippen molar-refractivity contribution in [2.24, 2.45) is 0 Å². The van der Waals surface area contributed by atoms with Crippen LogP contribution in [0.1, 0.15) is 5.56 Å². The van der Waals surface area contributed by atoms with Crippen LogP contribution in [-0.2, 0) is 4.79 Å². The third-order valence-electron chi connectivity index (χ3n) is 3.12. The lowest BCUT2D eigenvalue weighted by Gasteiger charge is -2.15. The summed E-state index contributed by atoms with van der Waals surface area (Å²) in [7, 11) is 0. The lowest BCUT2D eigenvalue weighted by molar-refractivity contribution is -0.121. The Bertz CT molecular complexity index is 763. The minimum absolute atomic E-state index is 0.113. The summed E-state index contributed by atoms with van der Waals surface area (Å²) in [5, 5.41) is 3.75. The van der Waals surface area contributed by atoms with E-state index in [4.69, 9.17) is 23.8 Å². The highest BCUT2D eigenvalue weighted by Gasteiger charge is 2.31. The second-order valence-electron chi connectivity index (χ2n) is 4.71. The van der Waals surface area contributed by atoms with E-state index in [9.17, 15) is 4.79 Å². The summed E-state index contributed by atoms with van der Waals surface area (Å²) < 4.78 is 0.527. The third-order valence-corrected chi connectivity index (χ3v) is 4.75. The molecule has 23 heavy (non-hydrogen) atoms. The van der Waals surface area contributed by atoms with Crippen molar-refractivity contribution in [2.45, 2.75) is 0 Å². The predicted octanol–water partition coefficient (Wildman–Crippen LogP) is 4.01. The SMILES string of the molecule is O=C1/C(=C/c2ccc(Cl)cc2)SC(=S)N1CNc1ccccn1. The van der Waals surface area contributed by atoms with Crippen LogP contribution < -0.4 is 5.32 Å². The number of halogens is 1. The molecule has 3 rings (SSSR count). The summed E-state index contributed by atoms with van der Waals surface area (Å²) >= 11 is 12.5. The Hall–Kier alpha value is -1.89. The molecular formula is C16H12ClN3OS2. The maximum atomic E-state index is 12.5. The van der Waals surface area contributed by atoms with Crippen molar-refractivity contribution in [2.75, 3.05) is 12.0 Å². The number of rotatable bonds is 4. The molecule has 1 N–H and O–H groups in total. The Balaban J connectivity index is 1.71. The van der Waals surface area contributed by atoms with Gasteiger partial charge < -0.3 is 5.32 Å². The standard InChI is InChI=1S/C16H12ClN3OS2/c17-12-6-4-11(5-7-12)9-13-15(21)20(16(22)23-13)10-19-14-3-1-2-8-18-14/h1-9H,10H2,(H,18,19)/b13-9-. The molecule has 0 atom stereocenters. The molecule has 1 aromatic carbocycles. The minimum atomic E-state index is -0.113. The lowest BCUT2D eigenvalue weighted by atomic mass is 10.2. The first-order chi connectivity index (χ1) is 11.1. The van der Waals surface area contributed by atoms with Crippen LogP contribution in [0.25, 0.3) is 6.08 Å². The number of carbonyl (C=O) groups excluding carboxylic acids is 1. The first-order valence-electron chi connectivity index (χ1n) is 6.79. The number of benzene rings is 1. The molecule has 1 aliphatic heterocycles. The first-order valence-corrected chi connectivity index (χ1v) is 8.39. The fraction of sp³-hybridized carbons (Fsp3) is 0.0625. The van der Waals surface area contributed by atoms with Crippen LogP contribution >= 0.6 is 35.6 Å². The van der Waals surface area contributed by atoms with E-state index in [2.05, 4.69) is 10.3 Å². The van der Waals surface area contributed by atoms with E-state index >= 15 is 0 Å². The molecule has 0 radical (unpaired) electrons. The number of anilines is 1. The Labute approximate surface area is 148 Å². The average Bonchev–Trinajstić information content (AvgIpc) is 2.82. The monoisotopic (exact) mass is 361 g/mol. The van der Waals surface area contributed by atoms with E-state index < -0.39 is 0 Å². The molecule has 1 aromatic heterocycles. The molecule has 116 valence electrons. The molecule has 0 unspecified atom stereocenters. The van der Waals surface area contributed by atoms with Crippen molar-refractivity contribution in [3.05, 3.63) is 64.2 Å². The second-order valence-corrected chi connectivity index (χ2v) is 6.82. The normalized spacial score (nSPS) is 16.2. The van der Waals surface area contributed by atoms with E-state index in [1.807, 2.05) is 36.4 Å². The predicted molar refractivity (Wildman–Crippen MR) is 99.2 cm³/mol. The Morgan fingerprint density at radius 1 is 1.26 bits per heavy atom. The smallest absolute Gasteiger partial charge is 0.267 e. The summed E-state index contributed by atoms with van der Waals surface area (Å²) in [6, 6.07) is 12.8. The molecule has 1 fully saturated rings. The minimum Gasteiger partial charge on any atom is -0.352 e. The van der Waals surface area contributed by atoms with E-state index in [1.54, 1.807) is 18.3 Å². The molecule has 1 amide bonds. The maximum absolute atomic E-state index is 12.5. The second kappa shape index (κ2) is 7.12. The fourth-order valence-corrected chi connectivity index (χ4v) is 3.36. The van der Waals surface area contributed by atoms with Gasteiger partial charge in [0.25, 0.3) is 5.91 Å². The van der Waals surface area contributed by atoms with E-state index in [0.717, 1.165) is 5.56 Å². The van der Waals surface area contributed by atoms with E-state index in [1.165, 1.54) is 16.7 Å². The van der Waals surface area contributed by atoms with Crippen molar-refractivity contribution in [1.82, 2.24) is 9.88 Å². The van der Waals surface area contributed by atoms with Gasteiger partial charge >= 0.3 is 0 Å². The Morgan fingerprint density at radius 2 is 2.04 bits per heavy atom. The highest BCUT2D eigenvalue weighted by Crippen LogP contribution is 2.32. The van der Waals surface area contributed by atoms with Crippen LogP contribution in [0.3, 0.4) is 0 Å². The van der Waals surface area contributed by atoms with Gasteiger partial charge in [-0.3, -0.25) is 9.69 Å². The molecular weight excluding hydrogens is 350 g/mol. The van der Waals surface area contributed by atoms with Crippen molar-refractivity contribution in [3.8, 4) is 0 Å². The van der Waals surface area contributed by atoms with Crippen LogP contribution in [-0.4, -0.2) is 26.8 Å². The van der Waals surface area contributed by atoms with Gasteiger partial charge in [-0.05, 0) is 35.9 Å². The highest BCUT2D eigenvalue weighted by atomic mass is 35.5. The number of nitrogens with one attached hydrogen (secondary N) is 1. The van der Waals surface area contributed by atoms with Gasteiger partial charge in [-0.25, -0.2) is 4.98 Å². The number of thiocarbonyl (C=S) groups is 1. The number of pyridine rings is 1. The van der Waals surface area contributed by atoms with Crippen molar-refractivity contribution < 1.29 is 4.79 Å². The molecule has 1 saturated heterocycles. The number of nitrogens with zero attached hydrogens (tertiary/aromatic N) is 2. The molecule has 0 spiro atoms. The zero-order valence-electron chi connectivity index (χ0n) is 11.9. The van der Waals surface area contributed by atoms with Crippen molar-refractivity contribution >= 4 is 57.7 Å². The molecule has 2 heterocycles. The number of hydrogen-bond acceptors (Lipinski definition) is 5. The maximum Gasteiger partial charge on any atom is 0.267 e. The first kappa shape index (κ1) is 16.0. The molecule has 4 nitrogen and oxygen atoms in total. The van der Waals surface area contributed by atoms with Gasteiger partial charge in [-0.2, -0.15) is 0 Å². The number of aromatic nitrogens is 1.